The maximum atomic E-state index is 12.5. The molecule has 0 saturated heterocycles. The number of hydrogen-bond donors (Lipinski definition) is 2. The number of nitrogens with one attached hydrogen (secondary N) is 2. The van der Waals surface area contributed by atoms with Crippen molar-refractivity contribution in [1.29, 1.82) is 0 Å². The highest BCUT2D eigenvalue weighted by atomic mass is 35.5. The monoisotopic (exact) mass is 445 g/mol. The fourth-order valence-corrected chi connectivity index (χ4v) is 3.41. The molecule has 156 valence electrons. The minimum absolute atomic E-state index is 0.118. The number of carbonyl (C=O) groups excluding carboxylic acids is 2. The summed E-state index contributed by atoms with van der Waals surface area (Å²) in [5.41, 5.74) is 1.91. The van der Waals surface area contributed by atoms with Gasteiger partial charge in [0.1, 0.15) is 11.5 Å². The number of anilines is 1. The van der Waals surface area contributed by atoms with Gasteiger partial charge in [0.05, 0.1) is 26.3 Å². The van der Waals surface area contributed by atoms with E-state index < -0.39 is 0 Å². The van der Waals surface area contributed by atoms with Gasteiger partial charge >= 0.3 is 0 Å². The van der Waals surface area contributed by atoms with Crippen LogP contribution in [0.1, 0.15) is 21.6 Å². The lowest BCUT2D eigenvalue weighted by Gasteiger charge is -2.08. The van der Waals surface area contributed by atoms with Gasteiger partial charge in [-0.1, -0.05) is 23.7 Å². The lowest BCUT2D eigenvalue weighted by molar-refractivity contribution is -0.120. The number of carbonyl (C=O) groups is 2. The Labute approximate surface area is 183 Å². The molecule has 1 aromatic heterocycles. The van der Waals surface area contributed by atoms with Gasteiger partial charge in [-0.15, -0.1) is 11.3 Å². The Morgan fingerprint density at radius 2 is 1.73 bits per heavy atom. The zero-order valence-electron chi connectivity index (χ0n) is 16.4. The van der Waals surface area contributed by atoms with E-state index in [-0.39, 0.29) is 18.2 Å². The zero-order chi connectivity index (χ0) is 21.5. The van der Waals surface area contributed by atoms with E-state index in [0.29, 0.717) is 39.5 Å². The quantitative estimate of drug-likeness (QED) is 0.548. The highest BCUT2D eigenvalue weighted by Crippen LogP contribution is 2.24. The number of methoxy groups -OCH3 is 2. The van der Waals surface area contributed by atoms with Crippen LogP contribution in [0.15, 0.2) is 47.8 Å². The number of nitrogens with zero attached hydrogens (tertiary/aromatic N) is 1. The van der Waals surface area contributed by atoms with Crippen molar-refractivity contribution in [2.24, 2.45) is 0 Å². The van der Waals surface area contributed by atoms with Crippen LogP contribution in [0.5, 0.6) is 11.5 Å². The zero-order valence-corrected chi connectivity index (χ0v) is 18.0. The smallest absolute Gasteiger partial charge is 0.257 e. The first kappa shape index (κ1) is 21.6. The molecule has 1 heterocycles. The topological polar surface area (TPSA) is 89.6 Å². The van der Waals surface area contributed by atoms with E-state index in [4.69, 9.17) is 21.1 Å². The third-order valence-electron chi connectivity index (χ3n) is 4.13. The van der Waals surface area contributed by atoms with Crippen LogP contribution in [-0.2, 0) is 17.8 Å². The van der Waals surface area contributed by atoms with E-state index in [0.717, 1.165) is 5.56 Å². The van der Waals surface area contributed by atoms with Crippen LogP contribution in [0.4, 0.5) is 5.13 Å². The van der Waals surface area contributed by atoms with Crippen LogP contribution in [0, 0.1) is 0 Å². The first-order chi connectivity index (χ1) is 14.5. The summed E-state index contributed by atoms with van der Waals surface area (Å²) in [6.45, 7) is 0.404. The van der Waals surface area contributed by atoms with E-state index in [1.54, 1.807) is 35.7 Å². The van der Waals surface area contributed by atoms with Crippen molar-refractivity contribution >= 4 is 39.9 Å². The second kappa shape index (κ2) is 10.1. The average Bonchev–Trinajstić information content (AvgIpc) is 3.19. The van der Waals surface area contributed by atoms with Gasteiger partial charge in [0.15, 0.2) is 5.13 Å². The normalized spacial score (nSPS) is 10.4. The van der Waals surface area contributed by atoms with E-state index in [2.05, 4.69) is 15.6 Å². The third kappa shape index (κ3) is 5.95. The summed E-state index contributed by atoms with van der Waals surface area (Å²) in [5.74, 6) is 0.513. The number of aromatic nitrogens is 1. The van der Waals surface area contributed by atoms with Crippen molar-refractivity contribution in [2.45, 2.75) is 13.0 Å². The molecule has 9 heteroatoms. The molecule has 2 amide bonds. The molecular formula is C21H20ClN3O4S. The minimum Gasteiger partial charge on any atom is -0.497 e. The molecule has 0 aliphatic heterocycles. The molecule has 0 spiro atoms. The second-order valence-corrected chi connectivity index (χ2v) is 7.57. The highest BCUT2D eigenvalue weighted by molar-refractivity contribution is 7.14. The third-order valence-corrected chi connectivity index (χ3v) is 5.19. The Bertz CT molecular complexity index is 1010. The first-order valence-corrected chi connectivity index (χ1v) is 10.2. The number of benzene rings is 2. The summed E-state index contributed by atoms with van der Waals surface area (Å²) >= 11 is 7.10. The molecule has 0 aliphatic rings. The van der Waals surface area contributed by atoms with E-state index >= 15 is 0 Å². The van der Waals surface area contributed by atoms with E-state index in [1.165, 1.54) is 25.6 Å². The largest absolute Gasteiger partial charge is 0.497 e. The lowest BCUT2D eigenvalue weighted by atomic mass is 10.2. The van der Waals surface area contributed by atoms with Crippen LogP contribution < -0.4 is 20.1 Å². The Balaban J connectivity index is 1.56. The van der Waals surface area contributed by atoms with Crippen molar-refractivity contribution in [3.05, 3.63) is 69.7 Å². The van der Waals surface area contributed by atoms with Gasteiger partial charge in [-0.25, -0.2) is 4.98 Å². The van der Waals surface area contributed by atoms with Gasteiger partial charge in [-0.05, 0) is 29.8 Å². The predicted molar refractivity (Wildman–Crippen MR) is 117 cm³/mol. The lowest BCUT2D eigenvalue weighted by Crippen LogP contribution is -2.24. The summed E-state index contributed by atoms with van der Waals surface area (Å²) in [4.78, 5) is 29.0. The van der Waals surface area contributed by atoms with Crippen LogP contribution in [-0.4, -0.2) is 31.0 Å². The van der Waals surface area contributed by atoms with Crippen molar-refractivity contribution in [3.8, 4) is 11.5 Å². The molecule has 0 bridgehead atoms. The SMILES string of the molecule is COc1cc(OC)cc(C(=O)Nc2nc(CC(=O)NCc3ccc(Cl)cc3)cs2)c1. The van der Waals surface area contributed by atoms with Crippen molar-refractivity contribution < 1.29 is 19.1 Å². The minimum atomic E-state index is -0.347. The molecule has 0 saturated carbocycles. The molecule has 30 heavy (non-hydrogen) atoms. The summed E-state index contributed by atoms with van der Waals surface area (Å²) in [5, 5.41) is 8.36. The Kier molecular flexibility index (Phi) is 7.26. The number of hydrogen-bond acceptors (Lipinski definition) is 6. The Morgan fingerprint density at radius 3 is 2.37 bits per heavy atom. The standard InChI is InChI=1S/C21H20ClN3O4S/c1-28-17-7-14(8-18(10-17)29-2)20(27)25-21-24-16(12-30-21)9-19(26)23-11-13-3-5-15(22)6-4-13/h3-8,10,12H,9,11H2,1-2H3,(H,23,26)(H,24,25,27). The predicted octanol–water partition coefficient (Wildman–Crippen LogP) is 3.92. The molecule has 0 atom stereocenters. The summed E-state index contributed by atoms with van der Waals surface area (Å²) in [7, 11) is 3.03. The van der Waals surface area contributed by atoms with Gasteiger partial charge in [-0.3, -0.25) is 14.9 Å². The van der Waals surface area contributed by atoms with Crippen molar-refractivity contribution in [3.63, 3.8) is 0 Å². The fourth-order valence-electron chi connectivity index (χ4n) is 2.58. The summed E-state index contributed by atoms with van der Waals surface area (Å²) < 4.78 is 10.4. The molecule has 0 unspecified atom stereocenters. The van der Waals surface area contributed by atoms with Gasteiger partial charge in [0.2, 0.25) is 5.91 Å². The van der Waals surface area contributed by atoms with E-state index in [1.807, 2.05) is 12.1 Å². The van der Waals surface area contributed by atoms with Gasteiger partial charge in [-0.2, -0.15) is 0 Å². The number of halogens is 1. The fraction of sp³-hybridized carbons (Fsp3) is 0.190. The number of rotatable bonds is 8. The maximum absolute atomic E-state index is 12.5. The molecule has 0 aliphatic carbocycles. The van der Waals surface area contributed by atoms with Gasteiger partial charge < -0.3 is 14.8 Å². The second-order valence-electron chi connectivity index (χ2n) is 6.28. The maximum Gasteiger partial charge on any atom is 0.257 e. The van der Waals surface area contributed by atoms with Gasteiger partial charge in [0.25, 0.3) is 5.91 Å². The van der Waals surface area contributed by atoms with Crippen LogP contribution in [0.2, 0.25) is 5.02 Å². The van der Waals surface area contributed by atoms with Crippen molar-refractivity contribution in [1.82, 2.24) is 10.3 Å². The number of amides is 2. The molecule has 2 N–H and O–H groups in total. The van der Waals surface area contributed by atoms with Crippen molar-refractivity contribution in [2.75, 3.05) is 19.5 Å². The molecule has 3 rings (SSSR count). The molecule has 0 radical (unpaired) electrons. The van der Waals surface area contributed by atoms with Crippen LogP contribution >= 0.6 is 22.9 Å². The van der Waals surface area contributed by atoms with Crippen LogP contribution in [0.3, 0.4) is 0 Å². The highest BCUT2D eigenvalue weighted by Gasteiger charge is 2.13. The molecule has 7 nitrogen and oxygen atoms in total. The Hall–Kier alpha value is -3.10. The molecule has 2 aromatic carbocycles. The van der Waals surface area contributed by atoms with Crippen LogP contribution in [0.25, 0.3) is 0 Å². The molecule has 0 fully saturated rings. The number of thiazole rings is 1. The summed E-state index contributed by atoms with van der Waals surface area (Å²) in [6, 6.07) is 12.2. The van der Waals surface area contributed by atoms with E-state index in [9.17, 15) is 9.59 Å². The van der Waals surface area contributed by atoms with Gasteiger partial charge in [0, 0.05) is 28.6 Å². The number of ether oxygens (including phenoxy) is 2. The first-order valence-electron chi connectivity index (χ1n) is 8.97. The molecular weight excluding hydrogens is 426 g/mol. The Morgan fingerprint density at radius 1 is 1.07 bits per heavy atom. The average molecular weight is 446 g/mol. The summed E-state index contributed by atoms with van der Waals surface area (Å²) in [6.07, 6.45) is 0.118. The molecule has 3 aromatic rings.